The summed E-state index contributed by atoms with van der Waals surface area (Å²) in [6, 6.07) is 9.02. The minimum Gasteiger partial charge on any atom is -0.454 e. The Balaban J connectivity index is 1.84. The van der Waals surface area contributed by atoms with Crippen LogP contribution in [-0.2, 0) is 6.54 Å². The van der Waals surface area contributed by atoms with E-state index in [9.17, 15) is 4.79 Å². The Hall–Kier alpha value is -2.34. The van der Waals surface area contributed by atoms with E-state index in [1.54, 1.807) is 16.8 Å². The average molecular weight is 316 g/mol. The molecule has 0 radical (unpaired) electrons. The van der Waals surface area contributed by atoms with E-state index in [4.69, 9.17) is 9.47 Å². The van der Waals surface area contributed by atoms with Crippen molar-refractivity contribution in [1.29, 1.82) is 0 Å². The zero-order valence-corrected chi connectivity index (χ0v) is 13.5. The van der Waals surface area contributed by atoms with Gasteiger partial charge in [-0.3, -0.25) is 4.79 Å². The van der Waals surface area contributed by atoms with Gasteiger partial charge in [-0.15, -0.1) is 0 Å². The van der Waals surface area contributed by atoms with Crippen LogP contribution in [0.15, 0.2) is 35.1 Å². The summed E-state index contributed by atoms with van der Waals surface area (Å²) in [5.74, 6) is 1.46. The number of aromatic nitrogens is 2. The maximum absolute atomic E-state index is 12.0. The highest BCUT2D eigenvalue weighted by molar-refractivity contribution is 5.63. The molecule has 0 aliphatic carbocycles. The minimum absolute atomic E-state index is 0.0685. The van der Waals surface area contributed by atoms with Crippen LogP contribution in [0.1, 0.15) is 13.8 Å². The molecule has 1 aromatic carbocycles. The van der Waals surface area contributed by atoms with E-state index in [0.29, 0.717) is 6.54 Å². The number of benzene rings is 1. The van der Waals surface area contributed by atoms with Crippen molar-refractivity contribution in [2.75, 3.05) is 26.4 Å². The van der Waals surface area contributed by atoms with Gasteiger partial charge in [-0.1, -0.05) is 0 Å². The number of nitrogens with one attached hydrogen (secondary N) is 1. The van der Waals surface area contributed by atoms with Gasteiger partial charge in [-0.05, 0) is 38.1 Å². The highest BCUT2D eigenvalue weighted by atomic mass is 16.7. The molecule has 6 heteroatoms. The van der Waals surface area contributed by atoms with Gasteiger partial charge in [0.15, 0.2) is 11.5 Å². The molecule has 0 unspecified atom stereocenters. The van der Waals surface area contributed by atoms with E-state index in [1.807, 2.05) is 18.2 Å². The third-order valence-electron chi connectivity index (χ3n) is 4.21. The molecule has 0 atom stereocenters. The Kier molecular flexibility index (Phi) is 4.62. The third kappa shape index (κ3) is 3.37. The molecule has 1 N–H and O–H groups in total. The normalized spacial score (nSPS) is 12.8. The van der Waals surface area contributed by atoms with Crippen molar-refractivity contribution in [2.24, 2.45) is 0 Å². The van der Waals surface area contributed by atoms with Gasteiger partial charge in [0.05, 0.1) is 31.9 Å². The van der Waals surface area contributed by atoms with Crippen LogP contribution in [0, 0.1) is 0 Å². The molecule has 3 rings (SSSR count). The fraction of sp³-hybridized carbons (Fsp3) is 0.412. The summed E-state index contributed by atoms with van der Waals surface area (Å²) in [7, 11) is 0. The lowest BCUT2D eigenvalue weighted by Crippen LogP contribution is -3.11. The molecule has 1 aliphatic rings. The molecule has 0 bridgehead atoms. The van der Waals surface area contributed by atoms with Crippen molar-refractivity contribution in [3.8, 4) is 22.8 Å². The van der Waals surface area contributed by atoms with Gasteiger partial charge in [-0.25, -0.2) is 4.68 Å². The highest BCUT2D eigenvalue weighted by Crippen LogP contribution is 2.35. The maximum atomic E-state index is 12.0. The smallest absolute Gasteiger partial charge is 0.266 e. The first kappa shape index (κ1) is 15.6. The van der Waals surface area contributed by atoms with Crippen molar-refractivity contribution >= 4 is 0 Å². The topological polar surface area (TPSA) is 57.8 Å². The standard InChI is InChI=1S/C17H21N3O3/c1-3-19(4-2)9-10-20-17(21)8-6-14(18-20)13-5-7-15-16(11-13)23-12-22-15/h5-8,11H,3-4,9-10,12H2,1-2H3/p+1. The van der Waals surface area contributed by atoms with Crippen molar-refractivity contribution < 1.29 is 14.4 Å². The molecule has 0 saturated carbocycles. The van der Waals surface area contributed by atoms with Gasteiger partial charge in [0.25, 0.3) is 5.56 Å². The quantitative estimate of drug-likeness (QED) is 0.846. The molecule has 0 amide bonds. The number of fused-ring (bicyclic) bond motifs is 1. The first-order valence-electron chi connectivity index (χ1n) is 8.03. The van der Waals surface area contributed by atoms with Gasteiger partial charge in [0.2, 0.25) is 6.79 Å². The summed E-state index contributed by atoms with van der Waals surface area (Å²) in [4.78, 5) is 13.5. The lowest BCUT2D eigenvalue weighted by atomic mass is 10.1. The number of rotatable bonds is 6. The van der Waals surface area contributed by atoms with Crippen molar-refractivity contribution in [3.63, 3.8) is 0 Å². The molecule has 2 aromatic rings. The number of hydrogen-bond donors (Lipinski definition) is 1. The van der Waals surface area contributed by atoms with E-state index >= 15 is 0 Å². The molecule has 0 fully saturated rings. The van der Waals surface area contributed by atoms with E-state index in [-0.39, 0.29) is 12.4 Å². The summed E-state index contributed by atoms with van der Waals surface area (Å²) in [6.07, 6.45) is 0. The fourth-order valence-electron chi connectivity index (χ4n) is 2.69. The van der Waals surface area contributed by atoms with E-state index < -0.39 is 0 Å². The molecular weight excluding hydrogens is 294 g/mol. The summed E-state index contributed by atoms with van der Waals surface area (Å²) < 4.78 is 12.3. The fourth-order valence-corrected chi connectivity index (χ4v) is 2.69. The largest absolute Gasteiger partial charge is 0.454 e. The van der Waals surface area contributed by atoms with Crippen molar-refractivity contribution in [2.45, 2.75) is 20.4 Å². The van der Waals surface area contributed by atoms with E-state index in [1.165, 1.54) is 4.90 Å². The number of ether oxygens (including phenoxy) is 2. The first-order chi connectivity index (χ1) is 11.2. The molecule has 0 saturated heterocycles. The SMILES string of the molecule is CC[NH+](CC)CCn1nc(-c2ccc3c(c2)OCO3)ccc1=O. The Labute approximate surface area is 135 Å². The Morgan fingerprint density at radius 2 is 1.91 bits per heavy atom. The summed E-state index contributed by atoms with van der Waals surface area (Å²) >= 11 is 0. The number of nitrogens with zero attached hydrogens (tertiary/aromatic N) is 2. The second-order valence-electron chi connectivity index (χ2n) is 5.56. The van der Waals surface area contributed by atoms with Crippen LogP contribution in [0.25, 0.3) is 11.3 Å². The lowest BCUT2D eigenvalue weighted by Gasteiger charge is -2.15. The molecule has 23 heavy (non-hydrogen) atoms. The Morgan fingerprint density at radius 3 is 2.70 bits per heavy atom. The maximum Gasteiger partial charge on any atom is 0.266 e. The zero-order chi connectivity index (χ0) is 16.2. The van der Waals surface area contributed by atoms with Crippen LogP contribution in [0.5, 0.6) is 11.5 Å². The highest BCUT2D eigenvalue weighted by Gasteiger charge is 2.15. The Morgan fingerprint density at radius 1 is 1.13 bits per heavy atom. The van der Waals surface area contributed by atoms with Gasteiger partial charge < -0.3 is 14.4 Å². The molecule has 2 heterocycles. The summed E-state index contributed by atoms with van der Waals surface area (Å²) in [6.45, 7) is 8.16. The van der Waals surface area contributed by atoms with Crippen LogP contribution in [0.2, 0.25) is 0 Å². The summed E-state index contributed by atoms with van der Waals surface area (Å²) in [5.41, 5.74) is 1.61. The molecule has 122 valence electrons. The molecule has 1 aliphatic heterocycles. The molecule has 0 spiro atoms. The number of quaternary nitrogens is 1. The van der Waals surface area contributed by atoms with Gasteiger partial charge >= 0.3 is 0 Å². The van der Waals surface area contributed by atoms with Gasteiger partial charge in [0.1, 0.15) is 0 Å². The van der Waals surface area contributed by atoms with Gasteiger partial charge in [0, 0.05) is 11.6 Å². The predicted octanol–water partition coefficient (Wildman–Crippen LogP) is 0.564. The minimum atomic E-state index is -0.0685. The molecule has 1 aromatic heterocycles. The van der Waals surface area contributed by atoms with Crippen LogP contribution in [0.4, 0.5) is 0 Å². The van der Waals surface area contributed by atoms with E-state index in [0.717, 1.165) is 42.4 Å². The summed E-state index contributed by atoms with van der Waals surface area (Å²) in [5, 5.41) is 4.50. The van der Waals surface area contributed by atoms with Gasteiger partial charge in [-0.2, -0.15) is 5.10 Å². The van der Waals surface area contributed by atoms with Crippen molar-refractivity contribution in [1.82, 2.24) is 9.78 Å². The second-order valence-corrected chi connectivity index (χ2v) is 5.56. The predicted molar refractivity (Wildman–Crippen MR) is 87.0 cm³/mol. The third-order valence-corrected chi connectivity index (χ3v) is 4.21. The lowest BCUT2D eigenvalue weighted by molar-refractivity contribution is -0.897. The van der Waals surface area contributed by atoms with E-state index in [2.05, 4.69) is 18.9 Å². The van der Waals surface area contributed by atoms with Crippen LogP contribution >= 0.6 is 0 Å². The number of hydrogen-bond acceptors (Lipinski definition) is 4. The molecular formula is C17H22N3O3+. The van der Waals surface area contributed by atoms with Crippen LogP contribution < -0.4 is 19.9 Å². The average Bonchev–Trinajstić information content (AvgIpc) is 3.05. The monoisotopic (exact) mass is 316 g/mol. The zero-order valence-electron chi connectivity index (χ0n) is 13.5. The Bertz CT molecular complexity index is 738. The molecule has 6 nitrogen and oxygen atoms in total. The first-order valence-corrected chi connectivity index (χ1v) is 8.03. The second kappa shape index (κ2) is 6.83. The van der Waals surface area contributed by atoms with Crippen molar-refractivity contribution in [3.05, 3.63) is 40.7 Å². The van der Waals surface area contributed by atoms with Crippen LogP contribution in [-0.4, -0.2) is 36.2 Å². The van der Waals surface area contributed by atoms with Crippen LogP contribution in [0.3, 0.4) is 0 Å². The number of likely N-dealkylation sites (N-methyl/N-ethyl adjacent to an activating group) is 1.